The van der Waals surface area contributed by atoms with Crippen LogP contribution in [0.4, 0.5) is 5.82 Å². The van der Waals surface area contributed by atoms with Crippen molar-refractivity contribution in [1.29, 1.82) is 0 Å². The van der Waals surface area contributed by atoms with E-state index in [-0.39, 0.29) is 0 Å². The molecule has 0 spiro atoms. The van der Waals surface area contributed by atoms with Gasteiger partial charge < -0.3 is 5.32 Å². The number of allylic oxidation sites excluding steroid dienone is 1. The van der Waals surface area contributed by atoms with Gasteiger partial charge in [-0.15, -0.1) is 11.3 Å². The molecule has 0 bridgehead atoms. The van der Waals surface area contributed by atoms with Gasteiger partial charge in [0.2, 0.25) is 0 Å². The molecule has 0 aliphatic heterocycles. The summed E-state index contributed by atoms with van der Waals surface area (Å²) in [7, 11) is 0. The van der Waals surface area contributed by atoms with E-state index in [0.29, 0.717) is 0 Å². The molecular weight excluding hydrogens is 290 g/mol. The first kappa shape index (κ1) is 14.2. The highest BCUT2D eigenvalue weighted by molar-refractivity contribution is 7.19. The molecule has 2 aliphatic rings. The van der Waals surface area contributed by atoms with Crippen LogP contribution in [-0.4, -0.2) is 16.5 Å². The predicted molar refractivity (Wildman–Crippen MR) is 93.7 cm³/mol. The van der Waals surface area contributed by atoms with E-state index in [1.54, 1.807) is 16.8 Å². The van der Waals surface area contributed by atoms with Crippen molar-refractivity contribution in [2.75, 3.05) is 11.9 Å². The summed E-state index contributed by atoms with van der Waals surface area (Å²) < 4.78 is 0. The third kappa shape index (κ3) is 2.76. The van der Waals surface area contributed by atoms with Crippen LogP contribution < -0.4 is 5.32 Å². The second kappa shape index (κ2) is 6.37. The molecule has 2 heterocycles. The number of hydrogen-bond donors (Lipinski definition) is 1. The predicted octanol–water partition coefficient (Wildman–Crippen LogP) is 4.87. The van der Waals surface area contributed by atoms with Crippen LogP contribution >= 0.6 is 11.3 Å². The first-order valence-electron chi connectivity index (χ1n) is 8.59. The Labute approximate surface area is 135 Å². The molecule has 116 valence electrons. The molecule has 0 amide bonds. The van der Waals surface area contributed by atoms with Crippen molar-refractivity contribution in [1.82, 2.24) is 9.97 Å². The van der Waals surface area contributed by atoms with Gasteiger partial charge in [-0.05, 0) is 63.4 Å². The summed E-state index contributed by atoms with van der Waals surface area (Å²) in [6, 6.07) is 0. The Morgan fingerprint density at radius 1 is 1.05 bits per heavy atom. The van der Waals surface area contributed by atoms with E-state index in [9.17, 15) is 0 Å². The maximum Gasteiger partial charge on any atom is 0.138 e. The highest BCUT2D eigenvalue weighted by Crippen LogP contribution is 2.38. The average molecular weight is 313 g/mol. The second-order valence-corrected chi connectivity index (χ2v) is 7.48. The van der Waals surface area contributed by atoms with Gasteiger partial charge in [-0.25, -0.2) is 9.97 Å². The van der Waals surface area contributed by atoms with E-state index in [1.807, 2.05) is 11.3 Å². The van der Waals surface area contributed by atoms with Gasteiger partial charge in [0.25, 0.3) is 0 Å². The number of nitrogens with zero attached hydrogens (tertiary/aromatic N) is 2. The number of anilines is 1. The van der Waals surface area contributed by atoms with E-state index in [2.05, 4.69) is 21.4 Å². The minimum absolute atomic E-state index is 0.989. The number of rotatable bonds is 4. The average Bonchev–Trinajstić information content (AvgIpc) is 2.95. The first-order valence-corrected chi connectivity index (χ1v) is 9.40. The van der Waals surface area contributed by atoms with Gasteiger partial charge >= 0.3 is 0 Å². The van der Waals surface area contributed by atoms with E-state index in [0.717, 1.165) is 18.8 Å². The van der Waals surface area contributed by atoms with Gasteiger partial charge in [-0.3, -0.25) is 0 Å². The summed E-state index contributed by atoms with van der Waals surface area (Å²) in [5.74, 6) is 1.06. The van der Waals surface area contributed by atoms with E-state index in [1.165, 1.54) is 67.1 Å². The lowest BCUT2D eigenvalue weighted by Crippen LogP contribution is -2.07. The first-order chi connectivity index (χ1) is 10.9. The van der Waals surface area contributed by atoms with Crippen LogP contribution in [0.15, 0.2) is 18.0 Å². The zero-order valence-electron chi connectivity index (χ0n) is 13.0. The second-order valence-electron chi connectivity index (χ2n) is 6.40. The molecule has 22 heavy (non-hydrogen) atoms. The van der Waals surface area contributed by atoms with Gasteiger partial charge in [0.15, 0.2) is 0 Å². The molecule has 3 nitrogen and oxygen atoms in total. The Morgan fingerprint density at radius 2 is 1.95 bits per heavy atom. The smallest absolute Gasteiger partial charge is 0.138 e. The number of aryl methyl sites for hydroxylation is 2. The third-order valence-electron chi connectivity index (χ3n) is 4.87. The number of nitrogens with one attached hydrogen (secondary N) is 1. The molecule has 4 heteroatoms. The standard InChI is InChI=1S/C18H23N3S/c1-2-6-13(7-3-1)10-11-19-17-16-14-8-4-5-9-15(14)22-18(16)21-12-20-17/h6,12H,1-5,7-11H2,(H,19,20,21). The van der Waals surface area contributed by atoms with Crippen LogP contribution in [0.5, 0.6) is 0 Å². The largest absolute Gasteiger partial charge is 0.369 e. The van der Waals surface area contributed by atoms with E-state index >= 15 is 0 Å². The number of fused-ring (bicyclic) bond motifs is 3. The molecule has 4 rings (SSSR count). The van der Waals surface area contributed by atoms with Gasteiger partial charge in [0.1, 0.15) is 17.0 Å². The maximum atomic E-state index is 4.53. The summed E-state index contributed by atoms with van der Waals surface area (Å²) in [6.07, 6.45) is 15.6. The topological polar surface area (TPSA) is 37.8 Å². The van der Waals surface area contributed by atoms with Crippen LogP contribution in [0.2, 0.25) is 0 Å². The SMILES string of the molecule is C1=C(CCNc2ncnc3sc4c(c23)CCCC4)CCCC1. The zero-order chi connectivity index (χ0) is 14.8. The fourth-order valence-corrected chi connectivity index (χ4v) is 4.93. The van der Waals surface area contributed by atoms with Crippen molar-refractivity contribution in [2.24, 2.45) is 0 Å². The molecule has 1 N–H and O–H groups in total. The molecule has 0 radical (unpaired) electrons. The van der Waals surface area contributed by atoms with Gasteiger partial charge in [-0.1, -0.05) is 11.6 Å². The molecule has 0 aromatic carbocycles. The number of thiophene rings is 1. The summed E-state index contributed by atoms with van der Waals surface area (Å²) in [5.41, 5.74) is 3.14. The van der Waals surface area contributed by atoms with Gasteiger partial charge in [0, 0.05) is 11.4 Å². The fourth-order valence-electron chi connectivity index (χ4n) is 3.70. The molecule has 0 fully saturated rings. The van der Waals surface area contributed by atoms with Crippen LogP contribution in [0, 0.1) is 0 Å². The van der Waals surface area contributed by atoms with Crippen molar-refractivity contribution in [3.8, 4) is 0 Å². The molecule has 0 saturated carbocycles. The Kier molecular flexibility index (Phi) is 4.11. The van der Waals surface area contributed by atoms with Crippen molar-refractivity contribution < 1.29 is 0 Å². The summed E-state index contributed by atoms with van der Waals surface area (Å²) >= 11 is 1.87. The third-order valence-corrected chi connectivity index (χ3v) is 6.07. The van der Waals surface area contributed by atoms with Gasteiger partial charge in [-0.2, -0.15) is 0 Å². The maximum absolute atomic E-state index is 4.53. The lowest BCUT2D eigenvalue weighted by molar-refractivity contribution is 0.679. The lowest BCUT2D eigenvalue weighted by atomic mass is 9.96. The normalized spacial score (nSPS) is 18.1. The molecule has 0 unspecified atom stereocenters. The molecule has 2 aromatic heterocycles. The molecule has 2 aromatic rings. The fraction of sp³-hybridized carbons (Fsp3) is 0.556. The minimum atomic E-state index is 0.989. The number of aromatic nitrogens is 2. The van der Waals surface area contributed by atoms with Crippen LogP contribution in [0.3, 0.4) is 0 Å². The molecule has 0 saturated heterocycles. The van der Waals surface area contributed by atoms with Crippen LogP contribution in [-0.2, 0) is 12.8 Å². The van der Waals surface area contributed by atoms with Crippen molar-refractivity contribution in [2.45, 2.75) is 57.8 Å². The Hall–Kier alpha value is -1.42. The van der Waals surface area contributed by atoms with Gasteiger partial charge in [0.05, 0.1) is 5.39 Å². The van der Waals surface area contributed by atoms with Crippen LogP contribution in [0.25, 0.3) is 10.2 Å². The monoisotopic (exact) mass is 313 g/mol. The Bertz CT molecular complexity index is 702. The Morgan fingerprint density at radius 3 is 2.86 bits per heavy atom. The zero-order valence-corrected chi connectivity index (χ0v) is 13.8. The summed E-state index contributed by atoms with van der Waals surface area (Å²) in [4.78, 5) is 11.7. The minimum Gasteiger partial charge on any atom is -0.369 e. The lowest BCUT2D eigenvalue weighted by Gasteiger charge is -2.14. The highest BCUT2D eigenvalue weighted by atomic mass is 32.1. The van der Waals surface area contributed by atoms with Crippen molar-refractivity contribution in [3.05, 3.63) is 28.4 Å². The Balaban J connectivity index is 1.53. The summed E-state index contributed by atoms with van der Waals surface area (Å²) in [6.45, 7) is 0.989. The molecule has 0 atom stereocenters. The number of hydrogen-bond acceptors (Lipinski definition) is 4. The quantitative estimate of drug-likeness (QED) is 0.818. The van der Waals surface area contributed by atoms with Crippen molar-refractivity contribution >= 4 is 27.4 Å². The van der Waals surface area contributed by atoms with E-state index in [4.69, 9.17) is 0 Å². The molecular formula is C18H23N3S. The highest BCUT2D eigenvalue weighted by Gasteiger charge is 2.19. The van der Waals surface area contributed by atoms with E-state index < -0.39 is 0 Å². The van der Waals surface area contributed by atoms with Crippen molar-refractivity contribution in [3.63, 3.8) is 0 Å². The summed E-state index contributed by atoms with van der Waals surface area (Å²) in [5, 5.41) is 4.89. The molecule has 2 aliphatic carbocycles. The van der Waals surface area contributed by atoms with Crippen LogP contribution in [0.1, 0.15) is 55.4 Å².